The number of benzene rings is 2. The van der Waals surface area contributed by atoms with Gasteiger partial charge in [0.1, 0.15) is 5.82 Å². The van der Waals surface area contributed by atoms with E-state index < -0.39 is 0 Å². The highest BCUT2D eigenvalue weighted by Crippen LogP contribution is 2.36. The molecule has 0 aliphatic carbocycles. The van der Waals surface area contributed by atoms with Crippen molar-refractivity contribution >= 4 is 39.9 Å². The van der Waals surface area contributed by atoms with Gasteiger partial charge in [-0.3, -0.25) is 0 Å². The smallest absolute Gasteiger partial charge is 0.229 e. The molecule has 0 saturated carbocycles. The number of halogens is 2. The van der Waals surface area contributed by atoms with Gasteiger partial charge in [0.25, 0.3) is 0 Å². The Labute approximate surface area is 212 Å². The van der Waals surface area contributed by atoms with Gasteiger partial charge in [-0.15, -0.1) is 0 Å². The quantitative estimate of drug-likeness (QED) is 0.381. The number of ether oxygens (including phenoxy) is 2. The van der Waals surface area contributed by atoms with Crippen LogP contribution < -0.4 is 15.2 Å². The van der Waals surface area contributed by atoms with E-state index >= 15 is 0 Å². The summed E-state index contributed by atoms with van der Waals surface area (Å²) in [6.07, 6.45) is 2.00. The van der Waals surface area contributed by atoms with E-state index in [0.717, 1.165) is 25.9 Å². The molecule has 0 spiro atoms. The number of aromatic nitrogens is 4. The molecule has 3 heterocycles. The van der Waals surface area contributed by atoms with E-state index in [1.165, 1.54) is 0 Å². The van der Waals surface area contributed by atoms with Crippen LogP contribution in [0.4, 0.5) is 5.82 Å². The Kier molecular flexibility index (Phi) is 6.64. The van der Waals surface area contributed by atoms with E-state index in [1.807, 2.05) is 0 Å². The van der Waals surface area contributed by atoms with Crippen molar-refractivity contribution in [3.8, 4) is 22.9 Å². The number of hydrogen-bond donors (Lipinski definition) is 1. The van der Waals surface area contributed by atoms with Crippen LogP contribution in [0.1, 0.15) is 30.5 Å². The predicted octanol–water partition coefficient (Wildman–Crippen LogP) is 4.97. The standard InChI is InChI=1S/C24H24Cl2N6O3/c1-32-7-5-13(6-8-32)24-29-21(31-35-24)12-34-20-11-18-15(10-19(20)33-2)22(27)30-23(28-18)14-3-4-16(25)17(26)9-14/h3-4,9-11,13H,5-8,12H2,1-2H3,(H2,27,28,30). The fourth-order valence-corrected chi connectivity index (χ4v) is 4.38. The van der Waals surface area contributed by atoms with Gasteiger partial charge in [0.2, 0.25) is 11.7 Å². The van der Waals surface area contributed by atoms with Crippen LogP contribution in [0.2, 0.25) is 10.0 Å². The van der Waals surface area contributed by atoms with Crippen LogP contribution in [0, 0.1) is 0 Å². The van der Waals surface area contributed by atoms with Crippen molar-refractivity contribution in [3.05, 3.63) is 52.1 Å². The molecule has 1 saturated heterocycles. The molecule has 0 atom stereocenters. The summed E-state index contributed by atoms with van der Waals surface area (Å²) in [6, 6.07) is 8.68. The minimum Gasteiger partial charge on any atom is -0.493 e. The van der Waals surface area contributed by atoms with Crippen molar-refractivity contribution in [2.75, 3.05) is 33.0 Å². The Hall–Kier alpha value is -3.14. The van der Waals surface area contributed by atoms with Gasteiger partial charge < -0.3 is 24.6 Å². The third-order valence-electron chi connectivity index (χ3n) is 6.10. The van der Waals surface area contributed by atoms with Crippen LogP contribution in [0.25, 0.3) is 22.3 Å². The molecule has 9 nitrogen and oxygen atoms in total. The molecule has 11 heteroatoms. The number of anilines is 1. The van der Waals surface area contributed by atoms with Gasteiger partial charge in [0.05, 0.1) is 22.7 Å². The average Bonchev–Trinajstić information content (AvgIpc) is 3.33. The van der Waals surface area contributed by atoms with Gasteiger partial charge in [-0.25, -0.2) is 9.97 Å². The maximum Gasteiger partial charge on any atom is 0.229 e. The largest absolute Gasteiger partial charge is 0.493 e. The maximum atomic E-state index is 6.24. The Morgan fingerprint density at radius 1 is 1.06 bits per heavy atom. The molecule has 5 rings (SSSR count). The second kappa shape index (κ2) is 9.85. The van der Waals surface area contributed by atoms with Crippen molar-refractivity contribution in [2.45, 2.75) is 25.4 Å². The second-order valence-electron chi connectivity index (χ2n) is 8.50. The lowest BCUT2D eigenvalue weighted by Gasteiger charge is -2.26. The number of nitrogens with two attached hydrogens (primary N) is 1. The molecule has 1 aliphatic rings. The van der Waals surface area contributed by atoms with Crippen molar-refractivity contribution < 1.29 is 14.0 Å². The van der Waals surface area contributed by atoms with E-state index in [1.54, 1.807) is 37.4 Å². The first-order valence-electron chi connectivity index (χ1n) is 11.2. The molecule has 4 aromatic rings. The molecule has 2 aromatic carbocycles. The minimum absolute atomic E-state index is 0.123. The van der Waals surface area contributed by atoms with Crippen LogP contribution in [-0.4, -0.2) is 52.3 Å². The normalized spacial score (nSPS) is 15.0. The van der Waals surface area contributed by atoms with E-state index in [0.29, 0.717) is 61.4 Å². The number of rotatable bonds is 6. The van der Waals surface area contributed by atoms with Gasteiger partial charge in [-0.2, -0.15) is 4.98 Å². The molecule has 35 heavy (non-hydrogen) atoms. The second-order valence-corrected chi connectivity index (χ2v) is 9.31. The molecule has 0 unspecified atom stereocenters. The maximum absolute atomic E-state index is 6.24. The van der Waals surface area contributed by atoms with E-state index in [2.05, 4.69) is 32.1 Å². The van der Waals surface area contributed by atoms with Crippen LogP contribution >= 0.6 is 23.2 Å². The first-order chi connectivity index (χ1) is 16.9. The zero-order valence-corrected chi connectivity index (χ0v) is 20.8. The fourth-order valence-electron chi connectivity index (χ4n) is 4.09. The average molecular weight is 515 g/mol. The molecule has 2 aromatic heterocycles. The van der Waals surface area contributed by atoms with E-state index in [9.17, 15) is 0 Å². The monoisotopic (exact) mass is 514 g/mol. The number of likely N-dealkylation sites (tertiary alicyclic amines) is 1. The number of hydrogen-bond acceptors (Lipinski definition) is 9. The minimum atomic E-state index is 0.123. The molecule has 1 fully saturated rings. The zero-order chi connectivity index (χ0) is 24.5. The molecular weight excluding hydrogens is 491 g/mol. The van der Waals surface area contributed by atoms with E-state index in [4.69, 9.17) is 42.9 Å². The van der Waals surface area contributed by atoms with Crippen LogP contribution in [-0.2, 0) is 6.61 Å². The highest BCUT2D eigenvalue weighted by molar-refractivity contribution is 6.42. The highest BCUT2D eigenvalue weighted by atomic mass is 35.5. The number of fused-ring (bicyclic) bond motifs is 1. The SMILES string of the molecule is COc1cc2c(N)nc(-c3ccc(Cl)c(Cl)c3)nc2cc1OCc1noc(C2CCN(C)CC2)n1. The summed E-state index contributed by atoms with van der Waals surface area (Å²) in [5, 5.41) is 5.59. The Morgan fingerprint density at radius 3 is 2.60 bits per heavy atom. The van der Waals surface area contributed by atoms with Crippen LogP contribution in [0.15, 0.2) is 34.9 Å². The van der Waals surface area contributed by atoms with E-state index in [-0.39, 0.29) is 12.5 Å². The summed E-state index contributed by atoms with van der Waals surface area (Å²) >= 11 is 12.2. The van der Waals surface area contributed by atoms with Gasteiger partial charge in [0, 0.05) is 22.9 Å². The fraction of sp³-hybridized carbons (Fsp3) is 0.333. The highest BCUT2D eigenvalue weighted by Gasteiger charge is 2.24. The Bertz CT molecular complexity index is 1370. The molecule has 0 bridgehead atoms. The van der Waals surface area contributed by atoms with Crippen LogP contribution in [0.5, 0.6) is 11.5 Å². The molecule has 0 amide bonds. The number of nitrogens with zero attached hydrogens (tertiary/aromatic N) is 5. The Morgan fingerprint density at radius 2 is 1.86 bits per heavy atom. The van der Waals surface area contributed by atoms with Gasteiger partial charge in [-0.1, -0.05) is 28.4 Å². The molecular formula is C24H24Cl2N6O3. The number of nitrogen functional groups attached to an aromatic ring is 1. The molecule has 2 N–H and O–H groups in total. The first kappa shape index (κ1) is 23.6. The van der Waals surface area contributed by atoms with Crippen LogP contribution in [0.3, 0.4) is 0 Å². The summed E-state index contributed by atoms with van der Waals surface area (Å²) in [4.78, 5) is 15.9. The summed E-state index contributed by atoms with van der Waals surface area (Å²) in [7, 11) is 3.67. The molecule has 0 radical (unpaired) electrons. The lowest BCUT2D eigenvalue weighted by Crippen LogP contribution is -2.29. The van der Waals surface area contributed by atoms with Crippen molar-refractivity contribution in [1.82, 2.24) is 25.0 Å². The Balaban J connectivity index is 1.40. The van der Waals surface area contributed by atoms with Crippen molar-refractivity contribution in [1.29, 1.82) is 0 Å². The number of piperidine rings is 1. The van der Waals surface area contributed by atoms with Gasteiger partial charge in [0.15, 0.2) is 23.9 Å². The van der Waals surface area contributed by atoms with Crippen molar-refractivity contribution in [3.63, 3.8) is 0 Å². The predicted molar refractivity (Wildman–Crippen MR) is 134 cm³/mol. The van der Waals surface area contributed by atoms with Crippen molar-refractivity contribution in [2.24, 2.45) is 0 Å². The van der Waals surface area contributed by atoms with Gasteiger partial charge >= 0.3 is 0 Å². The third-order valence-corrected chi connectivity index (χ3v) is 6.84. The third kappa shape index (κ3) is 4.98. The zero-order valence-electron chi connectivity index (χ0n) is 19.3. The summed E-state index contributed by atoms with van der Waals surface area (Å²) < 4.78 is 17.0. The number of methoxy groups -OCH3 is 1. The van der Waals surface area contributed by atoms with Gasteiger partial charge in [-0.05, 0) is 57.2 Å². The lowest BCUT2D eigenvalue weighted by atomic mass is 9.97. The summed E-state index contributed by atoms with van der Waals surface area (Å²) in [5.74, 6) is 3.11. The molecule has 182 valence electrons. The lowest BCUT2D eigenvalue weighted by molar-refractivity contribution is 0.226. The topological polar surface area (TPSA) is 112 Å². The first-order valence-corrected chi connectivity index (χ1v) is 11.9. The summed E-state index contributed by atoms with van der Waals surface area (Å²) in [5.41, 5.74) is 7.53. The summed E-state index contributed by atoms with van der Waals surface area (Å²) in [6.45, 7) is 2.16. The molecule has 1 aliphatic heterocycles.